The molecule has 3 aliphatic heterocycles. The fraction of sp³-hybridized carbons (Fsp3) is 0.765. The lowest BCUT2D eigenvalue weighted by molar-refractivity contribution is -0.147. The Morgan fingerprint density at radius 3 is 2.87 bits per heavy atom. The van der Waals surface area contributed by atoms with Gasteiger partial charge in [0, 0.05) is 50.9 Å². The first-order valence-electron chi connectivity index (χ1n) is 8.78. The largest absolute Gasteiger partial charge is 0.337 e. The van der Waals surface area contributed by atoms with E-state index in [9.17, 15) is 4.79 Å². The van der Waals surface area contributed by atoms with Crippen molar-refractivity contribution in [3.8, 4) is 0 Å². The molecular weight excluding hydrogens is 290 g/mol. The lowest BCUT2D eigenvalue weighted by Gasteiger charge is -2.48. The van der Waals surface area contributed by atoms with Crippen LogP contribution in [0.4, 0.5) is 0 Å². The second kappa shape index (κ2) is 5.60. The van der Waals surface area contributed by atoms with Crippen molar-refractivity contribution < 1.29 is 4.79 Å². The van der Waals surface area contributed by atoms with Crippen molar-refractivity contribution in [3.63, 3.8) is 0 Å². The summed E-state index contributed by atoms with van der Waals surface area (Å²) in [6, 6.07) is 0.378. The molecule has 6 heteroatoms. The van der Waals surface area contributed by atoms with Crippen LogP contribution >= 0.6 is 0 Å². The van der Waals surface area contributed by atoms with Crippen LogP contribution in [0.15, 0.2) is 12.4 Å². The molecule has 1 unspecified atom stereocenters. The van der Waals surface area contributed by atoms with Gasteiger partial charge in [0.2, 0.25) is 5.91 Å². The van der Waals surface area contributed by atoms with Gasteiger partial charge in [-0.25, -0.2) is 4.98 Å². The molecule has 3 saturated heterocycles. The Hall–Kier alpha value is -1.40. The molecule has 0 radical (unpaired) electrons. The number of carbonyl (C=O) groups excluding carboxylic acids is 1. The topological polar surface area (TPSA) is 44.6 Å². The van der Waals surface area contributed by atoms with Gasteiger partial charge in [0.25, 0.3) is 0 Å². The third-order valence-electron chi connectivity index (χ3n) is 5.81. The summed E-state index contributed by atoms with van der Waals surface area (Å²) in [6.45, 7) is 8.41. The zero-order valence-electron chi connectivity index (χ0n) is 14.4. The maximum absolute atomic E-state index is 12.5. The van der Waals surface area contributed by atoms with Crippen LogP contribution in [-0.4, -0.2) is 62.1 Å². The molecule has 0 aliphatic carbocycles. The van der Waals surface area contributed by atoms with Crippen molar-refractivity contribution in [1.82, 2.24) is 24.3 Å². The summed E-state index contributed by atoms with van der Waals surface area (Å²) in [6.07, 6.45) is 5.95. The van der Waals surface area contributed by atoms with E-state index in [1.807, 2.05) is 12.4 Å². The van der Waals surface area contributed by atoms with E-state index < -0.39 is 0 Å². The Kier molecular flexibility index (Phi) is 3.69. The minimum absolute atomic E-state index is 0.335. The maximum atomic E-state index is 12.5. The summed E-state index contributed by atoms with van der Waals surface area (Å²) in [4.78, 5) is 24.2. The van der Waals surface area contributed by atoms with Crippen molar-refractivity contribution in [3.05, 3.63) is 18.2 Å². The molecule has 0 N–H and O–H groups in total. The lowest BCUT2D eigenvalue weighted by Crippen LogP contribution is -2.60. The Morgan fingerprint density at radius 1 is 1.35 bits per heavy atom. The van der Waals surface area contributed by atoms with Gasteiger partial charge in [-0.05, 0) is 12.3 Å². The van der Waals surface area contributed by atoms with Gasteiger partial charge in [-0.15, -0.1) is 0 Å². The van der Waals surface area contributed by atoms with Crippen LogP contribution in [0.25, 0.3) is 0 Å². The number of aromatic nitrogens is 2. The molecular formula is C17H27N5O. The van der Waals surface area contributed by atoms with E-state index >= 15 is 0 Å². The first-order valence-corrected chi connectivity index (χ1v) is 8.78. The first kappa shape index (κ1) is 15.1. The standard InChI is InChI=1S/C17H27N5O/c1-12(2)14-9-21-11-20(10-15-18-6-7-19(15)3)8-13-4-5-16(23)22(14)17(13)21/h6-7,12-14,17H,4-5,8-11H2,1-3H3/t13-,14?,17-/m1/s1. The van der Waals surface area contributed by atoms with Crippen LogP contribution in [0, 0.1) is 11.8 Å². The van der Waals surface area contributed by atoms with E-state index in [-0.39, 0.29) is 0 Å². The number of hydrogen-bond acceptors (Lipinski definition) is 4. The summed E-state index contributed by atoms with van der Waals surface area (Å²) in [7, 11) is 2.06. The number of amides is 1. The van der Waals surface area contributed by atoms with Gasteiger partial charge < -0.3 is 9.47 Å². The van der Waals surface area contributed by atoms with E-state index in [1.165, 1.54) is 0 Å². The Balaban J connectivity index is 1.54. The highest BCUT2D eigenvalue weighted by Gasteiger charge is 2.51. The predicted molar refractivity (Wildman–Crippen MR) is 87.2 cm³/mol. The molecule has 0 spiro atoms. The zero-order valence-corrected chi connectivity index (χ0v) is 14.4. The van der Waals surface area contributed by atoms with Crippen LogP contribution < -0.4 is 0 Å². The molecule has 1 aromatic heterocycles. The number of rotatable bonds is 3. The summed E-state index contributed by atoms with van der Waals surface area (Å²) < 4.78 is 2.10. The van der Waals surface area contributed by atoms with E-state index in [4.69, 9.17) is 0 Å². The molecule has 3 atom stereocenters. The summed E-state index contributed by atoms with van der Waals surface area (Å²) in [5.74, 6) is 2.58. The van der Waals surface area contributed by atoms with Gasteiger partial charge in [-0.1, -0.05) is 13.8 Å². The lowest BCUT2D eigenvalue weighted by atomic mass is 9.90. The fourth-order valence-corrected chi connectivity index (χ4v) is 4.62. The molecule has 3 aliphatic rings. The van der Waals surface area contributed by atoms with Gasteiger partial charge in [0.15, 0.2) is 0 Å². The highest BCUT2D eigenvalue weighted by atomic mass is 16.2. The van der Waals surface area contributed by atoms with Crippen molar-refractivity contribution in [2.45, 2.75) is 45.4 Å². The summed E-state index contributed by atoms with van der Waals surface area (Å²) in [5, 5.41) is 0. The molecule has 4 heterocycles. The first-order chi connectivity index (χ1) is 11.0. The minimum Gasteiger partial charge on any atom is -0.337 e. The van der Waals surface area contributed by atoms with Gasteiger partial charge in [-0.2, -0.15) is 0 Å². The van der Waals surface area contributed by atoms with Crippen molar-refractivity contribution in [1.29, 1.82) is 0 Å². The fourth-order valence-electron chi connectivity index (χ4n) is 4.62. The molecule has 3 fully saturated rings. The van der Waals surface area contributed by atoms with Gasteiger partial charge >= 0.3 is 0 Å². The molecule has 1 aromatic rings. The quantitative estimate of drug-likeness (QED) is 0.837. The highest BCUT2D eigenvalue weighted by Crippen LogP contribution is 2.39. The average Bonchev–Trinajstić information content (AvgIpc) is 3.08. The SMILES string of the molecule is CC(C)C1CN2CN(Cc3nccn3C)C[C@H]3CCC(=O)N1[C@H]32. The molecule has 4 rings (SSSR count). The number of piperidine rings is 1. The second-order valence-corrected chi connectivity index (χ2v) is 7.70. The van der Waals surface area contributed by atoms with Gasteiger partial charge in [-0.3, -0.25) is 14.6 Å². The molecule has 23 heavy (non-hydrogen) atoms. The van der Waals surface area contributed by atoms with Crippen LogP contribution in [-0.2, 0) is 18.4 Å². The van der Waals surface area contributed by atoms with Crippen LogP contribution in [0.5, 0.6) is 0 Å². The number of carbonyl (C=O) groups is 1. The Bertz CT molecular complexity index is 598. The van der Waals surface area contributed by atoms with E-state index in [0.717, 1.165) is 38.5 Å². The average molecular weight is 317 g/mol. The second-order valence-electron chi connectivity index (χ2n) is 7.70. The van der Waals surface area contributed by atoms with Crippen LogP contribution in [0.3, 0.4) is 0 Å². The maximum Gasteiger partial charge on any atom is 0.224 e. The number of nitrogens with zero attached hydrogens (tertiary/aromatic N) is 5. The summed E-state index contributed by atoms with van der Waals surface area (Å²) in [5.41, 5.74) is 0. The molecule has 1 amide bonds. The minimum atomic E-state index is 0.335. The Labute approximate surface area is 138 Å². The predicted octanol–water partition coefficient (Wildman–Crippen LogP) is 1.10. The van der Waals surface area contributed by atoms with Crippen LogP contribution in [0.2, 0.25) is 0 Å². The highest BCUT2D eigenvalue weighted by molar-refractivity contribution is 5.78. The van der Waals surface area contributed by atoms with E-state index in [0.29, 0.717) is 36.4 Å². The number of aryl methyl sites for hydroxylation is 1. The van der Waals surface area contributed by atoms with Crippen molar-refractivity contribution in [2.24, 2.45) is 18.9 Å². The van der Waals surface area contributed by atoms with Crippen molar-refractivity contribution >= 4 is 5.91 Å². The third-order valence-corrected chi connectivity index (χ3v) is 5.81. The van der Waals surface area contributed by atoms with E-state index in [2.05, 4.69) is 45.1 Å². The van der Waals surface area contributed by atoms with Crippen LogP contribution in [0.1, 0.15) is 32.5 Å². The molecule has 0 saturated carbocycles. The van der Waals surface area contributed by atoms with Gasteiger partial charge in [0.1, 0.15) is 5.82 Å². The zero-order chi connectivity index (χ0) is 16.1. The molecule has 0 bridgehead atoms. The van der Waals surface area contributed by atoms with E-state index in [1.54, 1.807) is 0 Å². The Morgan fingerprint density at radius 2 is 2.17 bits per heavy atom. The monoisotopic (exact) mass is 317 g/mol. The summed E-state index contributed by atoms with van der Waals surface area (Å²) >= 11 is 0. The van der Waals surface area contributed by atoms with Crippen molar-refractivity contribution in [2.75, 3.05) is 19.8 Å². The molecule has 6 nitrogen and oxygen atoms in total. The molecule has 0 aromatic carbocycles. The number of hydrogen-bond donors (Lipinski definition) is 0. The number of imidazole rings is 1. The smallest absolute Gasteiger partial charge is 0.224 e. The third kappa shape index (κ3) is 2.48. The van der Waals surface area contributed by atoms with Gasteiger partial charge in [0.05, 0.1) is 19.4 Å². The normalized spacial score (nSPS) is 31.9. The molecule has 126 valence electrons.